The van der Waals surface area contributed by atoms with Gasteiger partial charge in [-0.05, 0) is 22.5 Å². The van der Waals surface area contributed by atoms with Crippen LogP contribution in [0.15, 0.2) is 21.9 Å². The molecule has 2 atom stereocenters. The van der Waals surface area contributed by atoms with Crippen LogP contribution in [0.2, 0.25) is 0 Å². The molecule has 1 unspecified atom stereocenters. The number of carboxylic acids is 1. The minimum atomic E-state index is -1.17. The summed E-state index contributed by atoms with van der Waals surface area (Å²) >= 11 is 4.21. The highest BCUT2D eigenvalue weighted by molar-refractivity contribution is 8.01. The zero-order valence-corrected chi connectivity index (χ0v) is 18.3. The van der Waals surface area contributed by atoms with Crippen molar-refractivity contribution >= 4 is 52.6 Å². The number of aliphatic carboxylic acids is 1. The van der Waals surface area contributed by atoms with E-state index in [4.69, 9.17) is 5.73 Å². The van der Waals surface area contributed by atoms with E-state index >= 15 is 0 Å². The molecule has 4 heterocycles. The molecule has 16 heteroatoms. The molecule has 2 aromatic rings. The van der Waals surface area contributed by atoms with Crippen LogP contribution >= 0.6 is 34.9 Å². The first kappa shape index (κ1) is 21.7. The van der Waals surface area contributed by atoms with Gasteiger partial charge < -0.3 is 16.2 Å². The number of rotatable bonds is 9. The fraction of sp³-hybridized carbons (Fsp3) is 0.467. The van der Waals surface area contributed by atoms with Crippen molar-refractivity contribution in [1.82, 2.24) is 40.6 Å². The lowest BCUT2D eigenvalue weighted by atomic mass is 10.0. The van der Waals surface area contributed by atoms with Crippen molar-refractivity contribution in [3.05, 3.63) is 22.6 Å². The molecule has 0 bridgehead atoms. The molecule has 4 rings (SSSR count). The minimum absolute atomic E-state index is 0.0288. The molecule has 2 amide bonds. The van der Waals surface area contributed by atoms with Crippen LogP contribution in [0.4, 0.5) is 0 Å². The number of fused-ring (bicyclic) bond motifs is 1. The van der Waals surface area contributed by atoms with E-state index in [1.807, 2.05) is 0 Å². The van der Waals surface area contributed by atoms with E-state index < -0.39 is 29.2 Å². The second-order valence-electron chi connectivity index (χ2n) is 6.51. The highest BCUT2D eigenvalue weighted by atomic mass is 32.2. The molecule has 31 heavy (non-hydrogen) atoms. The molecule has 0 aliphatic carbocycles. The summed E-state index contributed by atoms with van der Waals surface area (Å²) in [6, 6.07) is -0.792. The van der Waals surface area contributed by atoms with Crippen molar-refractivity contribution in [2.24, 2.45) is 5.73 Å². The van der Waals surface area contributed by atoms with Crippen molar-refractivity contribution in [2.75, 3.05) is 18.1 Å². The number of amides is 2. The van der Waals surface area contributed by atoms with Crippen LogP contribution in [-0.4, -0.2) is 87.7 Å². The molecule has 164 valence electrons. The van der Waals surface area contributed by atoms with Crippen molar-refractivity contribution in [3.8, 4) is 0 Å². The predicted octanol–water partition coefficient (Wildman–Crippen LogP) is -1.44. The Morgan fingerprint density at radius 1 is 1.39 bits per heavy atom. The number of nitrogens with one attached hydrogen (secondary N) is 1. The van der Waals surface area contributed by atoms with Crippen molar-refractivity contribution in [3.63, 3.8) is 0 Å². The number of hydrogen-bond donors (Lipinski definition) is 3. The maximum Gasteiger partial charge on any atom is 0.352 e. The monoisotopic (exact) mass is 483 g/mol. The van der Waals surface area contributed by atoms with E-state index in [0.29, 0.717) is 30.0 Å². The molecule has 2 aliphatic heterocycles. The van der Waals surface area contributed by atoms with Gasteiger partial charge in [0.05, 0.1) is 0 Å². The molecule has 0 aromatic carbocycles. The Morgan fingerprint density at radius 3 is 2.94 bits per heavy atom. The lowest BCUT2D eigenvalue weighted by Gasteiger charge is -2.49. The summed E-state index contributed by atoms with van der Waals surface area (Å²) in [7, 11) is 0. The number of tetrazole rings is 1. The van der Waals surface area contributed by atoms with Gasteiger partial charge in [0.25, 0.3) is 5.91 Å². The highest BCUT2D eigenvalue weighted by Gasteiger charge is 2.54. The molecule has 2 aromatic heterocycles. The lowest BCUT2D eigenvalue weighted by molar-refractivity contribution is -0.150. The number of thioether (sulfide) groups is 2. The van der Waals surface area contributed by atoms with Crippen molar-refractivity contribution in [2.45, 2.75) is 28.7 Å². The summed E-state index contributed by atoms with van der Waals surface area (Å²) in [5, 5.41) is 31.4. The van der Waals surface area contributed by atoms with Crippen LogP contribution in [0, 0.1) is 0 Å². The van der Waals surface area contributed by atoms with Crippen LogP contribution in [0.3, 0.4) is 0 Å². The lowest BCUT2D eigenvalue weighted by Crippen LogP contribution is -2.70. The summed E-state index contributed by atoms with van der Waals surface area (Å²) in [6.07, 6.45) is 1.93. The van der Waals surface area contributed by atoms with Gasteiger partial charge in [-0.1, -0.05) is 23.1 Å². The first-order chi connectivity index (χ1) is 15.0. The summed E-state index contributed by atoms with van der Waals surface area (Å²) < 4.78 is 1.95. The zero-order valence-electron chi connectivity index (χ0n) is 15.9. The molecule has 1 fully saturated rings. The maximum atomic E-state index is 12.7. The summed E-state index contributed by atoms with van der Waals surface area (Å²) in [6.45, 7) is 0.349. The van der Waals surface area contributed by atoms with Gasteiger partial charge in [-0.2, -0.15) is 0 Å². The van der Waals surface area contributed by atoms with E-state index in [1.165, 1.54) is 50.8 Å². The number of carbonyl (C=O) groups excluding carboxylic acids is 2. The normalized spacial score (nSPS) is 20.4. The second kappa shape index (κ2) is 9.29. The first-order valence-electron chi connectivity index (χ1n) is 9.03. The Bertz CT molecular complexity index is 1020. The third kappa shape index (κ3) is 4.56. The van der Waals surface area contributed by atoms with Crippen LogP contribution in [-0.2, 0) is 27.3 Å². The Labute approximate surface area is 187 Å². The molecular formula is C15H17N9O4S3. The largest absolute Gasteiger partial charge is 0.477 e. The van der Waals surface area contributed by atoms with E-state index in [9.17, 15) is 19.5 Å². The summed E-state index contributed by atoms with van der Waals surface area (Å²) in [4.78, 5) is 38.0. The Hall–Kier alpha value is -2.56. The number of aromatic nitrogens is 6. The predicted molar refractivity (Wildman–Crippen MR) is 111 cm³/mol. The van der Waals surface area contributed by atoms with Gasteiger partial charge in [0.2, 0.25) is 5.91 Å². The summed E-state index contributed by atoms with van der Waals surface area (Å²) in [5.41, 5.74) is 6.12. The van der Waals surface area contributed by atoms with Crippen LogP contribution in [0.5, 0.6) is 0 Å². The number of carbonyl (C=O) groups is 3. The molecular weight excluding hydrogens is 466 g/mol. The van der Waals surface area contributed by atoms with Crippen LogP contribution in [0.25, 0.3) is 0 Å². The molecule has 13 nitrogen and oxygen atoms in total. The average molecular weight is 484 g/mol. The summed E-state index contributed by atoms with van der Waals surface area (Å²) in [5.74, 6) is -1.26. The average Bonchev–Trinajstić information content (AvgIpc) is 3.42. The maximum absolute atomic E-state index is 12.7. The van der Waals surface area contributed by atoms with Gasteiger partial charge in [0, 0.05) is 17.9 Å². The fourth-order valence-corrected chi connectivity index (χ4v) is 6.48. The van der Waals surface area contributed by atoms with E-state index in [0.717, 1.165) is 9.35 Å². The quantitative estimate of drug-likeness (QED) is 0.279. The Morgan fingerprint density at radius 2 is 2.23 bits per heavy atom. The molecule has 2 aliphatic rings. The third-order valence-electron chi connectivity index (χ3n) is 4.44. The van der Waals surface area contributed by atoms with Crippen molar-refractivity contribution in [1.29, 1.82) is 0 Å². The minimum Gasteiger partial charge on any atom is -0.477 e. The van der Waals surface area contributed by atoms with Gasteiger partial charge in [-0.15, -0.1) is 27.1 Å². The Kier molecular flexibility index (Phi) is 6.49. The third-order valence-corrected chi connectivity index (χ3v) is 7.98. The second-order valence-corrected chi connectivity index (χ2v) is 9.90. The Balaban J connectivity index is 1.41. The smallest absolute Gasteiger partial charge is 0.352 e. The van der Waals surface area contributed by atoms with E-state index in [2.05, 4.69) is 31.0 Å². The SMILES string of the molecule is NCCc1nnc(SCC2=C(C(=O)O)N3C(=O)C(NC(=O)Cn4cnnn4)[C@H]3SC2)s1. The molecule has 0 spiro atoms. The molecule has 0 saturated carbocycles. The van der Waals surface area contributed by atoms with Gasteiger partial charge in [-0.3, -0.25) is 14.5 Å². The number of hydrogen-bond acceptors (Lipinski definition) is 12. The van der Waals surface area contributed by atoms with Crippen LogP contribution < -0.4 is 11.1 Å². The highest BCUT2D eigenvalue weighted by Crippen LogP contribution is 2.41. The van der Waals surface area contributed by atoms with Gasteiger partial charge in [0.15, 0.2) is 4.34 Å². The molecule has 0 radical (unpaired) electrons. The first-order valence-corrected chi connectivity index (χ1v) is 11.9. The van der Waals surface area contributed by atoms with E-state index in [1.54, 1.807) is 0 Å². The van der Waals surface area contributed by atoms with Crippen LogP contribution in [0.1, 0.15) is 5.01 Å². The van der Waals surface area contributed by atoms with Gasteiger partial charge in [-0.25, -0.2) is 9.48 Å². The molecule has 4 N–H and O–H groups in total. The fourth-order valence-electron chi connectivity index (χ4n) is 3.08. The van der Waals surface area contributed by atoms with Gasteiger partial charge in [0.1, 0.15) is 35.0 Å². The number of nitrogens with two attached hydrogens (primary N) is 1. The number of carboxylic acid groups (broad SMARTS) is 1. The zero-order chi connectivity index (χ0) is 22.0. The van der Waals surface area contributed by atoms with Crippen molar-refractivity contribution < 1.29 is 19.5 Å². The molecule has 1 saturated heterocycles. The van der Waals surface area contributed by atoms with Gasteiger partial charge >= 0.3 is 5.97 Å². The standard InChI is InChI=1S/C15H17N9O4S3/c16-2-1-9-19-20-15(31-9)30-5-7-4-29-13-10(12(26)24(13)11(7)14(27)28)18-8(25)3-23-6-17-21-22-23/h6,10,13H,1-5,16H2,(H,18,25)(H,27,28)/t10?,13-/m1/s1. The van der Waals surface area contributed by atoms with E-state index in [-0.39, 0.29) is 12.2 Å². The topological polar surface area (TPSA) is 182 Å². The number of nitrogens with zero attached hydrogens (tertiary/aromatic N) is 7. The number of β-lactam (4-membered cyclic amide) rings is 1.